The molecule has 3 amide bonds. The van der Waals surface area contributed by atoms with Crippen molar-refractivity contribution >= 4 is 62.7 Å². The van der Waals surface area contributed by atoms with Crippen molar-refractivity contribution in [2.75, 3.05) is 33.9 Å². The second-order valence-corrected chi connectivity index (χ2v) is 15.0. The number of pyridine rings is 1. The van der Waals surface area contributed by atoms with Crippen LogP contribution in [0, 0.1) is 0 Å². The number of likely N-dealkylation sites (tertiary alicyclic amines) is 1. The number of halogens is 1. The lowest BCUT2D eigenvalue weighted by atomic mass is 10.1. The van der Waals surface area contributed by atoms with Crippen molar-refractivity contribution in [3.63, 3.8) is 0 Å². The molecule has 13 heteroatoms. The maximum atomic E-state index is 13.9. The summed E-state index contributed by atoms with van der Waals surface area (Å²) in [6.07, 6.45) is 4.68. The van der Waals surface area contributed by atoms with Gasteiger partial charge in [-0.05, 0) is 50.7 Å². The summed E-state index contributed by atoms with van der Waals surface area (Å²) < 4.78 is 17.4. The van der Waals surface area contributed by atoms with E-state index in [9.17, 15) is 14.4 Å². The van der Waals surface area contributed by atoms with Crippen LogP contribution < -0.4 is 14.8 Å². The number of alkyl halides is 1. The summed E-state index contributed by atoms with van der Waals surface area (Å²) in [6.45, 7) is 10.7. The molecule has 1 aromatic carbocycles. The maximum absolute atomic E-state index is 13.9. The fourth-order valence-electron chi connectivity index (χ4n) is 5.83. The van der Waals surface area contributed by atoms with Gasteiger partial charge in [-0.1, -0.05) is 42.5 Å². The Balaban J connectivity index is 1.44. The van der Waals surface area contributed by atoms with Crippen LogP contribution in [-0.4, -0.2) is 93.1 Å². The minimum absolute atomic E-state index is 0.0936. The number of rotatable bonds is 14. The van der Waals surface area contributed by atoms with Crippen molar-refractivity contribution in [1.29, 1.82) is 0 Å². The predicted octanol–water partition coefficient (Wildman–Crippen LogP) is 6.35. The molecule has 258 valence electrons. The number of methoxy groups -OCH3 is 1. The van der Waals surface area contributed by atoms with Crippen molar-refractivity contribution in [3.05, 3.63) is 48.0 Å². The molecule has 5 rings (SSSR count). The highest BCUT2D eigenvalue weighted by Gasteiger charge is 2.62. The molecule has 1 aliphatic carbocycles. The first-order valence-electron chi connectivity index (χ1n) is 16.4. The van der Waals surface area contributed by atoms with Crippen LogP contribution in [0.25, 0.3) is 21.6 Å². The summed E-state index contributed by atoms with van der Waals surface area (Å²) in [5.74, 6) is 0.672. The topological polar surface area (TPSA) is 123 Å². The first kappa shape index (κ1) is 35.8. The molecule has 3 aromatic rings. The van der Waals surface area contributed by atoms with E-state index in [2.05, 4.69) is 48.3 Å². The van der Waals surface area contributed by atoms with Gasteiger partial charge in [0.1, 0.15) is 34.3 Å². The molecule has 2 fully saturated rings. The third kappa shape index (κ3) is 7.72. The van der Waals surface area contributed by atoms with Gasteiger partial charge in [0.2, 0.25) is 5.91 Å². The highest BCUT2D eigenvalue weighted by molar-refractivity contribution is 14.1. The molecule has 1 N–H and O–H groups in total. The van der Waals surface area contributed by atoms with Crippen LogP contribution in [-0.2, 0) is 14.3 Å². The van der Waals surface area contributed by atoms with Gasteiger partial charge in [0, 0.05) is 46.8 Å². The summed E-state index contributed by atoms with van der Waals surface area (Å²) in [7, 11) is 3.36. The summed E-state index contributed by atoms with van der Waals surface area (Å²) in [5.41, 5.74) is 1.25. The van der Waals surface area contributed by atoms with Crippen LogP contribution in [0.1, 0.15) is 64.5 Å². The molecule has 1 aliphatic heterocycles. The lowest BCUT2D eigenvalue weighted by molar-refractivity contribution is -0.149. The molecule has 1 saturated heterocycles. The monoisotopic (exact) mass is 789 g/mol. The van der Waals surface area contributed by atoms with E-state index in [4.69, 9.17) is 24.2 Å². The molecule has 11 nitrogen and oxygen atoms in total. The number of hydrogen-bond donors (Lipinski definition) is 1. The molecule has 0 radical (unpaired) electrons. The van der Waals surface area contributed by atoms with Crippen LogP contribution >= 0.6 is 33.9 Å². The van der Waals surface area contributed by atoms with E-state index in [1.54, 1.807) is 30.9 Å². The molecule has 2 aromatic heterocycles. The number of fused-ring (bicyclic) bond motifs is 1. The highest BCUT2D eigenvalue weighted by atomic mass is 127. The molecular formula is C35H44IN5O6S. The predicted molar refractivity (Wildman–Crippen MR) is 195 cm³/mol. The Morgan fingerprint density at radius 2 is 2.02 bits per heavy atom. The normalized spacial score (nSPS) is 21.6. The highest BCUT2D eigenvalue weighted by Crippen LogP contribution is 2.45. The number of unbranched alkanes of at least 4 members (excludes halogenated alkanes) is 2. The van der Waals surface area contributed by atoms with Gasteiger partial charge in [-0.2, -0.15) is 0 Å². The van der Waals surface area contributed by atoms with E-state index in [1.165, 1.54) is 11.3 Å². The van der Waals surface area contributed by atoms with Crippen LogP contribution in [0.5, 0.6) is 11.5 Å². The number of esters is 1. The van der Waals surface area contributed by atoms with Gasteiger partial charge in [-0.15, -0.1) is 17.9 Å². The van der Waals surface area contributed by atoms with Gasteiger partial charge >= 0.3 is 12.0 Å². The molecule has 4 atom stereocenters. The standard InChI is InChI=1S/C35H44IN5O6S/c1-7-9-10-11-14-40(5)34(44)41-19-23(16-28(41)31(42)39-35(18-30(35)36)33(43)46-8-2)47-29-17-26(32-38-27(20-48-32)21(3)4)37-25-15-22(45-6)12-13-24(25)29/h7,12-13,15,17,20-21,23,28,30H,1,8-11,14,16,18-19H2,2-6H3,(H,39,42)/t23-,28+,30-,35-/m1/s1. The van der Waals surface area contributed by atoms with Gasteiger partial charge in [-0.3, -0.25) is 4.79 Å². The molecule has 48 heavy (non-hydrogen) atoms. The first-order valence-corrected chi connectivity index (χ1v) is 18.5. The summed E-state index contributed by atoms with van der Waals surface area (Å²) in [6, 6.07) is 6.38. The first-order chi connectivity index (χ1) is 23.0. The fourth-order valence-corrected chi connectivity index (χ4v) is 7.88. The smallest absolute Gasteiger partial charge is 0.332 e. The second kappa shape index (κ2) is 15.4. The summed E-state index contributed by atoms with van der Waals surface area (Å²) in [5, 5.41) is 6.55. The third-order valence-electron chi connectivity index (χ3n) is 8.76. The van der Waals surface area contributed by atoms with Gasteiger partial charge < -0.3 is 29.3 Å². The van der Waals surface area contributed by atoms with Crippen molar-refractivity contribution in [3.8, 4) is 22.2 Å². The Morgan fingerprint density at radius 3 is 2.67 bits per heavy atom. The van der Waals surface area contributed by atoms with Crippen LogP contribution in [0.3, 0.4) is 0 Å². The summed E-state index contributed by atoms with van der Waals surface area (Å²) >= 11 is 3.68. The van der Waals surface area contributed by atoms with E-state index >= 15 is 0 Å². The zero-order valence-electron chi connectivity index (χ0n) is 28.2. The van der Waals surface area contributed by atoms with E-state index < -0.39 is 29.6 Å². The quantitative estimate of drug-likeness (QED) is 0.0660. The Kier molecular flexibility index (Phi) is 11.5. The number of hydrogen-bond acceptors (Lipinski definition) is 9. The fraction of sp³-hybridized carbons (Fsp3) is 0.514. The number of urea groups is 1. The largest absolute Gasteiger partial charge is 0.497 e. The Labute approximate surface area is 299 Å². The van der Waals surface area contributed by atoms with Crippen LogP contribution in [0.15, 0.2) is 42.3 Å². The van der Waals surface area contributed by atoms with E-state index in [0.29, 0.717) is 35.7 Å². The Hall–Kier alpha value is -3.46. The maximum Gasteiger partial charge on any atom is 0.332 e. The molecule has 0 spiro atoms. The minimum atomic E-state index is -1.09. The van der Waals surface area contributed by atoms with Crippen molar-refractivity contribution in [2.24, 2.45) is 0 Å². The van der Waals surface area contributed by atoms with E-state index in [-0.39, 0.29) is 35.4 Å². The third-order valence-corrected chi connectivity index (χ3v) is 11.1. The molecule has 0 bridgehead atoms. The average Bonchev–Trinajstić information content (AvgIpc) is 3.41. The number of nitrogens with one attached hydrogen (secondary N) is 1. The molecule has 2 aliphatic rings. The molecular weight excluding hydrogens is 745 g/mol. The Morgan fingerprint density at radius 1 is 1.25 bits per heavy atom. The SMILES string of the molecule is C=CCCCCN(C)C(=O)N1C[C@H](Oc2cc(-c3nc(C(C)C)cs3)nc3cc(OC)ccc23)C[C@H]1C(=O)N[C@]1(C(=O)OCC)C[C@H]1I. The van der Waals surface area contributed by atoms with Crippen molar-refractivity contribution in [2.45, 2.75) is 80.4 Å². The lowest BCUT2D eigenvalue weighted by Crippen LogP contribution is -2.55. The van der Waals surface area contributed by atoms with Crippen LogP contribution in [0.2, 0.25) is 0 Å². The van der Waals surface area contributed by atoms with Gasteiger partial charge in [-0.25, -0.2) is 19.6 Å². The number of carbonyl (C=O) groups excluding carboxylic acids is 3. The number of benzene rings is 1. The average molecular weight is 790 g/mol. The van der Waals surface area contributed by atoms with Crippen LogP contribution in [0.4, 0.5) is 4.79 Å². The molecule has 3 heterocycles. The number of ether oxygens (including phenoxy) is 3. The van der Waals surface area contributed by atoms with Gasteiger partial charge in [0.05, 0.1) is 31.5 Å². The van der Waals surface area contributed by atoms with E-state index in [1.807, 2.05) is 35.7 Å². The molecule has 1 saturated carbocycles. The number of aromatic nitrogens is 2. The second-order valence-electron chi connectivity index (χ2n) is 12.6. The number of carbonyl (C=O) groups is 3. The number of amides is 3. The number of nitrogens with zero attached hydrogens (tertiary/aromatic N) is 4. The van der Waals surface area contributed by atoms with Crippen molar-refractivity contribution in [1.82, 2.24) is 25.1 Å². The summed E-state index contributed by atoms with van der Waals surface area (Å²) in [4.78, 5) is 53.6. The zero-order chi connectivity index (χ0) is 34.6. The number of allylic oxidation sites excluding steroid dienone is 1. The Bertz CT molecular complexity index is 1670. The van der Waals surface area contributed by atoms with Crippen molar-refractivity contribution < 1.29 is 28.6 Å². The number of thiazole rings is 1. The van der Waals surface area contributed by atoms with E-state index in [0.717, 1.165) is 35.4 Å². The zero-order valence-corrected chi connectivity index (χ0v) is 31.1. The minimum Gasteiger partial charge on any atom is -0.497 e. The molecule has 0 unspecified atom stereocenters. The lowest BCUT2D eigenvalue weighted by Gasteiger charge is -2.29. The van der Waals surface area contributed by atoms with Gasteiger partial charge in [0.15, 0.2) is 5.54 Å². The van der Waals surface area contributed by atoms with Gasteiger partial charge in [0.25, 0.3) is 0 Å².